The van der Waals surface area contributed by atoms with Crippen LogP contribution in [0.5, 0.6) is 0 Å². The van der Waals surface area contributed by atoms with Gasteiger partial charge in [0.2, 0.25) is 0 Å². The summed E-state index contributed by atoms with van der Waals surface area (Å²) in [6.45, 7) is 6.61. The van der Waals surface area contributed by atoms with Crippen molar-refractivity contribution in [2.45, 2.75) is 45.1 Å². The van der Waals surface area contributed by atoms with Crippen LogP contribution in [-0.4, -0.2) is 18.6 Å². The molecule has 0 saturated carbocycles. The van der Waals surface area contributed by atoms with Crippen LogP contribution in [0.25, 0.3) is 0 Å². The van der Waals surface area contributed by atoms with Gasteiger partial charge in [-0.3, -0.25) is 0 Å². The zero-order chi connectivity index (χ0) is 12.3. The summed E-state index contributed by atoms with van der Waals surface area (Å²) in [6, 6.07) is 9.01. The first kappa shape index (κ1) is 12.4. The molecule has 0 atom stereocenters. The third-order valence-corrected chi connectivity index (χ3v) is 3.47. The second-order valence-corrected chi connectivity index (χ2v) is 5.85. The molecule has 17 heavy (non-hydrogen) atoms. The van der Waals surface area contributed by atoms with Crippen molar-refractivity contribution in [1.82, 2.24) is 0 Å². The molecular formula is C15H24N2. The van der Waals surface area contributed by atoms with E-state index >= 15 is 0 Å². The molecule has 1 aliphatic rings. The molecule has 0 spiro atoms. The molecule has 0 radical (unpaired) electrons. The van der Waals surface area contributed by atoms with E-state index in [2.05, 4.69) is 43.0 Å². The van der Waals surface area contributed by atoms with Crippen molar-refractivity contribution in [1.29, 1.82) is 0 Å². The average Bonchev–Trinajstić information content (AvgIpc) is 2.79. The van der Waals surface area contributed by atoms with Gasteiger partial charge in [-0.1, -0.05) is 12.1 Å². The number of hydrogen-bond acceptors (Lipinski definition) is 2. The Morgan fingerprint density at radius 3 is 2.24 bits per heavy atom. The molecule has 2 heteroatoms. The average molecular weight is 232 g/mol. The lowest BCUT2D eigenvalue weighted by molar-refractivity contribution is 0.477. The summed E-state index contributed by atoms with van der Waals surface area (Å²) in [7, 11) is 0. The van der Waals surface area contributed by atoms with E-state index in [9.17, 15) is 0 Å². The number of nitrogens with zero attached hydrogens (tertiary/aromatic N) is 1. The minimum Gasteiger partial charge on any atom is -0.372 e. The van der Waals surface area contributed by atoms with E-state index in [1.807, 2.05) is 0 Å². The number of benzene rings is 1. The largest absolute Gasteiger partial charge is 0.372 e. The molecule has 2 nitrogen and oxygen atoms in total. The fourth-order valence-electron chi connectivity index (χ4n) is 2.32. The van der Waals surface area contributed by atoms with Crippen molar-refractivity contribution >= 4 is 5.69 Å². The van der Waals surface area contributed by atoms with E-state index in [1.54, 1.807) is 0 Å². The summed E-state index contributed by atoms with van der Waals surface area (Å²) < 4.78 is 0. The Morgan fingerprint density at radius 2 is 1.71 bits per heavy atom. The molecule has 2 N–H and O–H groups in total. The Labute approximate surface area is 105 Å². The summed E-state index contributed by atoms with van der Waals surface area (Å²) in [6.07, 6.45) is 4.78. The zero-order valence-electron chi connectivity index (χ0n) is 11.1. The lowest BCUT2D eigenvalue weighted by Crippen LogP contribution is -2.32. The first-order valence-corrected chi connectivity index (χ1v) is 6.67. The van der Waals surface area contributed by atoms with E-state index in [1.165, 1.54) is 37.2 Å². The van der Waals surface area contributed by atoms with E-state index < -0.39 is 0 Å². The molecular weight excluding hydrogens is 208 g/mol. The van der Waals surface area contributed by atoms with Gasteiger partial charge in [-0.2, -0.15) is 0 Å². The highest BCUT2D eigenvalue weighted by atomic mass is 15.1. The van der Waals surface area contributed by atoms with Gasteiger partial charge < -0.3 is 10.6 Å². The monoisotopic (exact) mass is 232 g/mol. The third-order valence-electron chi connectivity index (χ3n) is 3.47. The second kappa shape index (κ2) is 5.09. The molecule has 0 aliphatic carbocycles. The van der Waals surface area contributed by atoms with Crippen LogP contribution in [0.4, 0.5) is 5.69 Å². The fourth-order valence-corrected chi connectivity index (χ4v) is 2.32. The molecule has 1 saturated heterocycles. The van der Waals surface area contributed by atoms with Crippen LogP contribution in [0.1, 0.15) is 38.7 Å². The first-order valence-electron chi connectivity index (χ1n) is 6.67. The van der Waals surface area contributed by atoms with Crippen LogP contribution in [0, 0.1) is 0 Å². The molecule has 0 unspecified atom stereocenters. The van der Waals surface area contributed by atoms with Crippen LogP contribution >= 0.6 is 0 Å². The van der Waals surface area contributed by atoms with E-state index in [4.69, 9.17) is 5.73 Å². The molecule has 1 aromatic carbocycles. The molecule has 1 fully saturated rings. The number of rotatable bonds is 4. The quantitative estimate of drug-likeness (QED) is 0.865. The highest BCUT2D eigenvalue weighted by Gasteiger charge is 2.13. The number of nitrogens with two attached hydrogens (primary N) is 1. The number of anilines is 1. The van der Waals surface area contributed by atoms with Crippen molar-refractivity contribution < 1.29 is 0 Å². The van der Waals surface area contributed by atoms with E-state index in [0.717, 1.165) is 12.8 Å². The molecule has 1 heterocycles. The van der Waals surface area contributed by atoms with Crippen molar-refractivity contribution in [3.63, 3.8) is 0 Å². The van der Waals surface area contributed by atoms with Crippen LogP contribution < -0.4 is 10.6 Å². The Hall–Kier alpha value is -1.02. The van der Waals surface area contributed by atoms with Gasteiger partial charge in [0, 0.05) is 24.3 Å². The molecule has 1 aromatic rings. The number of aryl methyl sites for hydroxylation is 1. The maximum Gasteiger partial charge on any atom is 0.0366 e. The minimum atomic E-state index is -0.0619. The molecule has 2 rings (SSSR count). The Kier molecular flexibility index (Phi) is 3.72. The molecule has 0 amide bonds. The van der Waals surface area contributed by atoms with Gasteiger partial charge in [-0.25, -0.2) is 0 Å². The molecule has 94 valence electrons. The van der Waals surface area contributed by atoms with Gasteiger partial charge in [0.25, 0.3) is 0 Å². The summed E-state index contributed by atoms with van der Waals surface area (Å²) in [5.41, 5.74) is 8.71. The SMILES string of the molecule is CC(C)(N)CCc1ccc(N2CCCC2)cc1. The predicted octanol–water partition coefficient (Wildman–Crippen LogP) is 2.96. The lowest BCUT2D eigenvalue weighted by atomic mass is 9.96. The smallest absolute Gasteiger partial charge is 0.0366 e. The number of hydrogen-bond donors (Lipinski definition) is 1. The summed E-state index contributed by atoms with van der Waals surface area (Å²) in [5, 5.41) is 0. The molecule has 0 aromatic heterocycles. The Balaban J connectivity index is 1.93. The normalized spacial score (nSPS) is 16.5. The highest BCUT2D eigenvalue weighted by Crippen LogP contribution is 2.21. The van der Waals surface area contributed by atoms with Gasteiger partial charge in [0.05, 0.1) is 0 Å². The Bertz CT molecular complexity index is 342. The molecule has 0 bridgehead atoms. The molecule has 1 aliphatic heterocycles. The lowest BCUT2D eigenvalue weighted by Gasteiger charge is -2.19. The van der Waals surface area contributed by atoms with Gasteiger partial charge in [0.1, 0.15) is 0 Å². The predicted molar refractivity (Wildman–Crippen MR) is 74.5 cm³/mol. The van der Waals surface area contributed by atoms with Crippen molar-refractivity contribution in [3.8, 4) is 0 Å². The zero-order valence-corrected chi connectivity index (χ0v) is 11.1. The van der Waals surface area contributed by atoms with Crippen LogP contribution in [-0.2, 0) is 6.42 Å². The Morgan fingerprint density at radius 1 is 1.12 bits per heavy atom. The van der Waals surface area contributed by atoms with Gasteiger partial charge in [-0.15, -0.1) is 0 Å². The van der Waals surface area contributed by atoms with Crippen LogP contribution in [0.3, 0.4) is 0 Å². The summed E-state index contributed by atoms with van der Waals surface area (Å²) in [4.78, 5) is 2.47. The summed E-state index contributed by atoms with van der Waals surface area (Å²) in [5.74, 6) is 0. The standard InChI is InChI=1S/C15H24N2/c1-15(2,16)10-9-13-5-7-14(8-6-13)17-11-3-4-12-17/h5-8H,3-4,9-12,16H2,1-2H3. The van der Waals surface area contributed by atoms with Crippen LogP contribution in [0.2, 0.25) is 0 Å². The topological polar surface area (TPSA) is 29.3 Å². The third kappa shape index (κ3) is 3.74. The highest BCUT2D eigenvalue weighted by molar-refractivity contribution is 5.48. The minimum absolute atomic E-state index is 0.0619. The second-order valence-electron chi connectivity index (χ2n) is 5.85. The van der Waals surface area contributed by atoms with Crippen molar-refractivity contribution in [2.75, 3.05) is 18.0 Å². The van der Waals surface area contributed by atoms with Crippen molar-refractivity contribution in [2.24, 2.45) is 5.73 Å². The fraction of sp³-hybridized carbons (Fsp3) is 0.600. The van der Waals surface area contributed by atoms with E-state index in [0.29, 0.717) is 0 Å². The maximum absolute atomic E-state index is 6.00. The van der Waals surface area contributed by atoms with Gasteiger partial charge >= 0.3 is 0 Å². The van der Waals surface area contributed by atoms with Gasteiger partial charge in [-0.05, 0) is 57.2 Å². The summed E-state index contributed by atoms with van der Waals surface area (Å²) >= 11 is 0. The van der Waals surface area contributed by atoms with E-state index in [-0.39, 0.29) is 5.54 Å². The van der Waals surface area contributed by atoms with Crippen LogP contribution in [0.15, 0.2) is 24.3 Å². The van der Waals surface area contributed by atoms with Gasteiger partial charge in [0.15, 0.2) is 0 Å². The van der Waals surface area contributed by atoms with Crippen molar-refractivity contribution in [3.05, 3.63) is 29.8 Å². The maximum atomic E-state index is 6.00. The first-order chi connectivity index (χ1) is 8.04.